The van der Waals surface area contributed by atoms with Crippen molar-refractivity contribution in [1.82, 2.24) is 19.9 Å². The fourth-order valence-electron chi connectivity index (χ4n) is 3.10. The maximum atomic E-state index is 14.0. The molecule has 9 heteroatoms. The summed E-state index contributed by atoms with van der Waals surface area (Å²) < 4.78 is 15.8. The summed E-state index contributed by atoms with van der Waals surface area (Å²) in [4.78, 5) is 17.0. The summed E-state index contributed by atoms with van der Waals surface area (Å²) in [7, 11) is 0. The summed E-state index contributed by atoms with van der Waals surface area (Å²) in [5, 5.41) is 23.0. The molecule has 0 bridgehead atoms. The Morgan fingerprint density at radius 1 is 1.35 bits per heavy atom. The first-order chi connectivity index (χ1) is 14.8. The van der Waals surface area contributed by atoms with Crippen molar-refractivity contribution in [3.8, 4) is 0 Å². The predicted octanol–water partition coefficient (Wildman–Crippen LogP) is 3.13. The summed E-state index contributed by atoms with van der Waals surface area (Å²) in [5.74, 6) is 0.749. The number of amides is 1. The molecule has 1 aliphatic carbocycles. The van der Waals surface area contributed by atoms with Crippen molar-refractivity contribution in [2.75, 3.05) is 23.7 Å². The Bertz CT molecular complexity index is 1070. The lowest BCUT2D eigenvalue weighted by atomic mass is 10.0. The molecule has 4 rings (SSSR count). The van der Waals surface area contributed by atoms with Gasteiger partial charge in [0.25, 0.3) is 5.91 Å². The number of fused-ring (bicyclic) bond motifs is 1. The number of anilines is 3. The predicted molar refractivity (Wildman–Crippen MR) is 117 cm³/mol. The largest absolute Gasteiger partial charge is 0.387 e. The standard InChI is InChI=1S/C22H27FN6O2/c1-22(2,31)19(23)13-26-21(30)17-12-25-20(10-18(17)24-11-14-3-4-14)28-15-6-8-29-16(9-15)5-7-27-29/h5-10,12,14,19,31H,3-4,11,13H2,1-2H3,(H,26,30)(H2,24,25,28). The Morgan fingerprint density at radius 2 is 2.16 bits per heavy atom. The van der Waals surface area contributed by atoms with Crippen LogP contribution in [0.25, 0.3) is 5.52 Å². The van der Waals surface area contributed by atoms with Crippen LogP contribution in [0.5, 0.6) is 0 Å². The lowest BCUT2D eigenvalue weighted by molar-refractivity contribution is -0.00177. The fraction of sp³-hybridized carbons (Fsp3) is 0.409. The van der Waals surface area contributed by atoms with Gasteiger partial charge in [-0.15, -0.1) is 0 Å². The molecule has 3 heterocycles. The molecule has 0 aromatic carbocycles. The van der Waals surface area contributed by atoms with Crippen LogP contribution >= 0.6 is 0 Å². The third-order valence-electron chi connectivity index (χ3n) is 5.31. The number of carbonyl (C=O) groups excluding carboxylic acids is 1. The number of aliphatic hydroxyl groups is 1. The molecule has 1 amide bonds. The van der Waals surface area contributed by atoms with Crippen molar-refractivity contribution >= 4 is 28.6 Å². The van der Waals surface area contributed by atoms with Gasteiger partial charge in [0.1, 0.15) is 12.0 Å². The number of aromatic nitrogens is 3. The van der Waals surface area contributed by atoms with Crippen LogP contribution < -0.4 is 16.0 Å². The lowest BCUT2D eigenvalue weighted by Gasteiger charge is -2.22. The molecular formula is C22H27FN6O2. The van der Waals surface area contributed by atoms with E-state index in [4.69, 9.17) is 0 Å². The Morgan fingerprint density at radius 3 is 2.90 bits per heavy atom. The van der Waals surface area contributed by atoms with Gasteiger partial charge in [-0.1, -0.05) is 0 Å². The molecule has 0 radical (unpaired) electrons. The average Bonchev–Trinajstić information content (AvgIpc) is 3.45. The highest BCUT2D eigenvalue weighted by Gasteiger charge is 2.27. The van der Waals surface area contributed by atoms with Gasteiger partial charge >= 0.3 is 0 Å². The molecule has 1 atom stereocenters. The van der Waals surface area contributed by atoms with Crippen molar-refractivity contribution in [2.24, 2.45) is 5.92 Å². The third-order valence-corrected chi connectivity index (χ3v) is 5.31. The number of hydrogen-bond donors (Lipinski definition) is 4. The first-order valence-electron chi connectivity index (χ1n) is 10.4. The minimum absolute atomic E-state index is 0.282. The zero-order valence-corrected chi connectivity index (χ0v) is 17.6. The second-order valence-corrected chi connectivity index (χ2v) is 8.51. The number of nitrogens with zero attached hydrogens (tertiary/aromatic N) is 3. The number of pyridine rings is 2. The Hall–Kier alpha value is -3.20. The minimum Gasteiger partial charge on any atom is -0.387 e. The Labute approximate surface area is 179 Å². The number of hydrogen-bond acceptors (Lipinski definition) is 6. The van der Waals surface area contributed by atoms with E-state index in [1.54, 1.807) is 16.8 Å². The van der Waals surface area contributed by atoms with Gasteiger partial charge < -0.3 is 21.1 Å². The number of rotatable bonds is 9. The van der Waals surface area contributed by atoms with Gasteiger partial charge in [0, 0.05) is 36.9 Å². The molecule has 164 valence electrons. The van der Waals surface area contributed by atoms with Gasteiger partial charge in [0.05, 0.1) is 28.9 Å². The molecule has 8 nitrogen and oxygen atoms in total. The van der Waals surface area contributed by atoms with Gasteiger partial charge in [-0.25, -0.2) is 13.9 Å². The summed E-state index contributed by atoms with van der Waals surface area (Å²) >= 11 is 0. The van der Waals surface area contributed by atoms with E-state index >= 15 is 0 Å². The molecule has 4 N–H and O–H groups in total. The number of halogens is 1. The Kier molecular flexibility index (Phi) is 5.77. The van der Waals surface area contributed by atoms with E-state index in [1.165, 1.54) is 32.9 Å². The van der Waals surface area contributed by atoms with E-state index in [9.17, 15) is 14.3 Å². The van der Waals surface area contributed by atoms with E-state index in [-0.39, 0.29) is 6.54 Å². The molecule has 1 saturated carbocycles. The Balaban J connectivity index is 1.51. The quantitative estimate of drug-likeness (QED) is 0.419. The van der Waals surface area contributed by atoms with E-state index in [1.807, 2.05) is 24.4 Å². The van der Waals surface area contributed by atoms with Crippen molar-refractivity contribution in [1.29, 1.82) is 0 Å². The van der Waals surface area contributed by atoms with Crippen LogP contribution in [0.3, 0.4) is 0 Å². The van der Waals surface area contributed by atoms with E-state index in [0.717, 1.165) is 17.7 Å². The average molecular weight is 426 g/mol. The SMILES string of the molecule is CC(C)(O)C(F)CNC(=O)c1cnc(Nc2ccn3nccc3c2)cc1NCC1CC1. The minimum atomic E-state index is -1.58. The first-order valence-corrected chi connectivity index (χ1v) is 10.4. The van der Waals surface area contributed by atoms with Crippen LogP contribution in [-0.4, -0.2) is 50.5 Å². The van der Waals surface area contributed by atoms with Crippen molar-refractivity contribution in [3.05, 3.63) is 48.4 Å². The molecule has 1 aliphatic rings. The van der Waals surface area contributed by atoms with Crippen LogP contribution in [0.15, 0.2) is 42.9 Å². The first kappa shape index (κ1) is 21.0. The van der Waals surface area contributed by atoms with Crippen molar-refractivity contribution in [2.45, 2.75) is 38.5 Å². The van der Waals surface area contributed by atoms with Crippen LogP contribution in [0, 0.1) is 5.92 Å². The van der Waals surface area contributed by atoms with Crippen LogP contribution in [-0.2, 0) is 0 Å². The lowest BCUT2D eigenvalue weighted by Crippen LogP contribution is -2.42. The maximum absolute atomic E-state index is 14.0. The molecular weight excluding hydrogens is 399 g/mol. The van der Waals surface area contributed by atoms with Gasteiger partial charge in [-0.05, 0) is 50.8 Å². The highest BCUT2D eigenvalue weighted by Crippen LogP contribution is 2.30. The van der Waals surface area contributed by atoms with Crippen LogP contribution in [0.4, 0.5) is 21.6 Å². The molecule has 0 aliphatic heterocycles. The maximum Gasteiger partial charge on any atom is 0.255 e. The van der Waals surface area contributed by atoms with Gasteiger partial charge in [-0.2, -0.15) is 5.10 Å². The van der Waals surface area contributed by atoms with E-state index < -0.39 is 17.7 Å². The van der Waals surface area contributed by atoms with Crippen LogP contribution in [0.1, 0.15) is 37.0 Å². The molecule has 31 heavy (non-hydrogen) atoms. The van der Waals surface area contributed by atoms with Gasteiger partial charge in [-0.3, -0.25) is 4.79 Å². The van der Waals surface area contributed by atoms with E-state index in [0.29, 0.717) is 23.0 Å². The summed E-state index contributed by atoms with van der Waals surface area (Å²) in [6.45, 7) is 3.22. The molecule has 1 unspecified atom stereocenters. The highest BCUT2D eigenvalue weighted by molar-refractivity contribution is 5.99. The molecule has 0 saturated heterocycles. The monoisotopic (exact) mass is 426 g/mol. The van der Waals surface area contributed by atoms with Crippen molar-refractivity contribution in [3.63, 3.8) is 0 Å². The molecule has 3 aromatic heterocycles. The molecule has 1 fully saturated rings. The summed E-state index contributed by atoms with van der Waals surface area (Å²) in [6, 6.07) is 7.52. The van der Waals surface area contributed by atoms with Gasteiger partial charge in [0.15, 0.2) is 0 Å². The van der Waals surface area contributed by atoms with Crippen LogP contribution in [0.2, 0.25) is 0 Å². The zero-order valence-electron chi connectivity index (χ0n) is 17.6. The second kappa shape index (κ2) is 8.50. The van der Waals surface area contributed by atoms with Crippen molar-refractivity contribution < 1.29 is 14.3 Å². The normalized spacial score (nSPS) is 15.0. The number of carbonyl (C=O) groups is 1. The summed E-state index contributed by atoms with van der Waals surface area (Å²) in [5.41, 5.74) is 1.23. The molecule has 3 aromatic rings. The molecule has 0 spiro atoms. The number of alkyl halides is 1. The fourth-order valence-corrected chi connectivity index (χ4v) is 3.10. The summed E-state index contributed by atoms with van der Waals surface area (Å²) in [6.07, 6.45) is 5.82. The van der Waals surface area contributed by atoms with Gasteiger partial charge in [0.2, 0.25) is 0 Å². The number of nitrogens with one attached hydrogen (secondary N) is 3. The smallest absolute Gasteiger partial charge is 0.255 e. The van der Waals surface area contributed by atoms with E-state index in [2.05, 4.69) is 26.0 Å². The topological polar surface area (TPSA) is 104 Å². The second-order valence-electron chi connectivity index (χ2n) is 8.51. The zero-order chi connectivity index (χ0) is 22.0. The third kappa shape index (κ3) is 5.29. The highest BCUT2D eigenvalue weighted by atomic mass is 19.1.